The van der Waals surface area contributed by atoms with Gasteiger partial charge in [-0.05, 0) is 61.9 Å². The average Bonchev–Trinajstić information content (AvgIpc) is 2.77. The van der Waals surface area contributed by atoms with Gasteiger partial charge in [-0.25, -0.2) is 9.37 Å². The summed E-state index contributed by atoms with van der Waals surface area (Å²) in [4.78, 5) is 31.3. The van der Waals surface area contributed by atoms with E-state index in [1.54, 1.807) is 38.1 Å². The number of anilines is 1. The summed E-state index contributed by atoms with van der Waals surface area (Å²) in [6.45, 7) is 3.89. The second-order valence-electron chi connectivity index (χ2n) is 8.46. The molecular weight excluding hydrogens is 457 g/mol. The van der Waals surface area contributed by atoms with Gasteiger partial charge in [0.25, 0.3) is 11.8 Å². The van der Waals surface area contributed by atoms with Gasteiger partial charge in [0, 0.05) is 22.9 Å². The van der Waals surface area contributed by atoms with E-state index in [-0.39, 0.29) is 35.4 Å². The van der Waals surface area contributed by atoms with Crippen molar-refractivity contribution in [2.24, 2.45) is 0 Å². The number of nitrogens with zero attached hydrogens (tertiary/aromatic N) is 2. The maximum absolute atomic E-state index is 13.3. The number of aliphatic hydroxyl groups is 1. The van der Waals surface area contributed by atoms with Crippen LogP contribution in [-0.4, -0.2) is 45.5 Å². The second-order valence-corrected chi connectivity index (χ2v) is 8.86. The Morgan fingerprint density at radius 2 is 1.88 bits per heavy atom. The Morgan fingerprint density at radius 1 is 1.15 bits per heavy atom. The molecule has 0 saturated carbocycles. The van der Waals surface area contributed by atoms with Crippen LogP contribution < -0.4 is 5.32 Å². The fourth-order valence-corrected chi connectivity index (χ4v) is 3.80. The highest BCUT2D eigenvalue weighted by molar-refractivity contribution is 6.34. The number of likely N-dealkylation sites (tertiary alicyclic amines) is 1. The molecule has 0 atom stereocenters. The van der Waals surface area contributed by atoms with Gasteiger partial charge in [-0.15, -0.1) is 0 Å². The molecule has 6 nitrogen and oxygen atoms in total. The number of nitrogens with one attached hydrogen (secondary N) is 1. The minimum Gasteiger partial charge on any atom is -0.386 e. The standard InChI is InChI=1S/C26H21ClFN3O3/c1-16-10-18(7-6-17-4-3-5-20(28)11-17)13-29-23(16)30-24(32)21-12-19(8-9-22(21)27)25(33)31-14-26(2,34)15-31/h3-5,8-13,34H,14-15H2,1-2H3,(H,29,30,32). The highest BCUT2D eigenvalue weighted by atomic mass is 35.5. The molecule has 1 aliphatic rings. The van der Waals surface area contributed by atoms with Gasteiger partial charge in [-0.3, -0.25) is 9.59 Å². The molecule has 4 rings (SSSR count). The van der Waals surface area contributed by atoms with Crippen molar-refractivity contribution in [2.45, 2.75) is 19.4 Å². The molecule has 0 radical (unpaired) electrons. The molecule has 0 bridgehead atoms. The van der Waals surface area contributed by atoms with Crippen LogP contribution in [0.1, 0.15) is 44.3 Å². The third-order valence-electron chi connectivity index (χ3n) is 5.29. The number of halogens is 2. The molecule has 2 amide bonds. The zero-order valence-electron chi connectivity index (χ0n) is 18.5. The van der Waals surface area contributed by atoms with Gasteiger partial charge in [0.2, 0.25) is 0 Å². The zero-order valence-corrected chi connectivity index (χ0v) is 19.3. The van der Waals surface area contributed by atoms with Gasteiger partial charge in [0.15, 0.2) is 0 Å². The van der Waals surface area contributed by atoms with Crippen molar-refractivity contribution in [3.8, 4) is 11.8 Å². The van der Waals surface area contributed by atoms with Gasteiger partial charge in [0.1, 0.15) is 11.6 Å². The van der Waals surface area contributed by atoms with E-state index in [0.29, 0.717) is 28.1 Å². The molecule has 1 saturated heterocycles. The van der Waals surface area contributed by atoms with Crippen molar-refractivity contribution in [1.82, 2.24) is 9.88 Å². The molecule has 1 fully saturated rings. The van der Waals surface area contributed by atoms with Crippen molar-refractivity contribution in [3.05, 3.63) is 93.4 Å². The lowest BCUT2D eigenvalue weighted by atomic mass is 9.95. The third kappa shape index (κ3) is 5.25. The fraction of sp³-hybridized carbons (Fsp3) is 0.192. The number of pyridine rings is 1. The number of hydrogen-bond donors (Lipinski definition) is 2. The highest BCUT2D eigenvalue weighted by Crippen LogP contribution is 2.25. The van der Waals surface area contributed by atoms with Gasteiger partial charge in [-0.2, -0.15) is 0 Å². The lowest BCUT2D eigenvalue weighted by Gasteiger charge is -2.44. The topological polar surface area (TPSA) is 82.5 Å². The van der Waals surface area contributed by atoms with E-state index < -0.39 is 11.5 Å². The Hall–Kier alpha value is -3.73. The van der Waals surface area contributed by atoms with Crippen LogP contribution in [-0.2, 0) is 0 Å². The molecule has 0 aliphatic carbocycles. The molecule has 8 heteroatoms. The number of aryl methyl sites for hydroxylation is 1. The first-order valence-electron chi connectivity index (χ1n) is 10.5. The normalized spacial score (nSPS) is 14.0. The van der Waals surface area contributed by atoms with Crippen LogP contribution in [0, 0.1) is 24.6 Å². The van der Waals surface area contributed by atoms with E-state index in [2.05, 4.69) is 22.1 Å². The smallest absolute Gasteiger partial charge is 0.258 e. The van der Waals surface area contributed by atoms with Crippen molar-refractivity contribution in [3.63, 3.8) is 0 Å². The van der Waals surface area contributed by atoms with Crippen LogP contribution in [0.3, 0.4) is 0 Å². The van der Waals surface area contributed by atoms with E-state index in [4.69, 9.17) is 11.6 Å². The second kappa shape index (κ2) is 9.26. The van der Waals surface area contributed by atoms with Crippen molar-refractivity contribution in [1.29, 1.82) is 0 Å². The first-order valence-corrected chi connectivity index (χ1v) is 10.9. The summed E-state index contributed by atoms with van der Waals surface area (Å²) in [5.74, 6) is 4.97. The number of carbonyl (C=O) groups is 2. The molecule has 1 aliphatic heterocycles. The van der Waals surface area contributed by atoms with Crippen LogP contribution in [0.5, 0.6) is 0 Å². The predicted octanol–water partition coefficient (Wildman–Crippen LogP) is 4.04. The molecule has 2 N–H and O–H groups in total. The lowest BCUT2D eigenvalue weighted by Crippen LogP contribution is -2.61. The lowest BCUT2D eigenvalue weighted by molar-refractivity contribution is -0.0668. The summed E-state index contributed by atoms with van der Waals surface area (Å²) in [6.07, 6.45) is 1.51. The maximum atomic E-state index is 13.3. The molecule has 34 heavy (non-hydrogen) atoms. The van der Waals surface area contributed by atoms with Crippen molar-refractivity contribution in [2.75, 3.05) is 18.4 Å². The Morgan fingerprint density at radius 3 is 2.56 bits per heavy atom. The third-order valence-corrected chi connectivity index (χ3v) is 5.62. The largest absolute Gasteiger partial charge is 0.386 e. The molecule has 172 valence electrons. The number of carbonyl (C=O) groups excluding carboxylic acids is 2. The Labute approximate surface area is 201 Å². The summed E-state index contributed by atoms with van der Waals surface area (Å²) in [6, 6.07) is 12.2. The van der Waals surface area contributed by atoms with E-state index in [9.17, 15) is 19.1 Å². The van der Waals surface area contributed by atoms with Gasteiger partial charge in [0.05, 0.1) is 29.3 Å². The fourth-order valence-electron chi connectivity index (χ4n) is 3.59. The number of rotatable bonds is 3. The monoisotopic (exact) mass is 477 g/mol. The highest BCUT2D eigenvalue weighted by Gasteiger charge is 2.39. The average molecular weight is 478 g/mol. The summed E-state index contributed by atoms with van der Waals surface area (Å²) < 4.78 is 13.3. The maximum Gasteiger partial charge on any atom is 0.258 e. The molecule has 2 heterocycles. The SMILES string of the molecule is Cc1cc(C#Cc2cccc(F)c2)cnc1NC(=O)c1cc(C(=O)N2CC(C)(O)C2)ccc1Cl. The van der Waals surface area contributed by atoms with Crippen molar-refractivity contribution < 1.29 is 19.1 Å². The van der Waals surface area contributed by atoms with Gasteiger partial charge < -0.3 is 15.3 Å². The first kappa shape index (κ1) is 23.4. The number of amides is 2. The number of β-amino-alcohol motifs (C(OH)–C–C–N with tert-alkyl or cyclic N) is 1. The number of hydrogen-bond acceptors (Lipinski definition) is 4. The Bertz CT molecular complexity index is 1350. The van der Waals surface area contributed by atoms with Gasteiger partial charge in [-0.1, -0.05) is 29.5 Å². The van der Waals surface area contributed by atoms with E-state index >= 15 is 0 Å². The minimum absolute atomic E-state index is 0.135. The minimum atomic E-state index is -0.890. The van der Waals surface area contributed by atoms with E-state index in [1.165, 1.54) is 35.4 Å². The zero-order chi connectivity index (χ0) is 24.5. The summed E-state index contributed by atoms with van der Waals surface area (Å²) in [5, 5.41) is 12.8. The molecular formula is C26H21ClFN3O3. The summed E-state index contributed by atoms with van der Waals surface area (Å²) in [7, 11) is 0. The van der Waals surface area contributed by atoms with Crippen LogP contribution in [0.15, 0.2) is 54.7 Å². The summed E-state index contributed by atoms with van der Waals surface area (Å²) in [5.41, 5.74) is 1.37. The van der Waals surface area contributed by atoms with E-state index in [0.717, 1.165) is 0 Å². The Balaban J connectivity index is 1.49. The van der Waals surface area contributed by atoms with Crippen molar-refractivity contribution >= 4 is 29.2 Å². The van der Waals surface area contributed by atoms with Gasteiger partial charge >= 0.3 is 0 Å². The molecule has 1 aromatic heterocycles. The molecule has 0 spiro atoms. The number of benzene rings is 2. The molecule has 2 aromatic carbocycles. The van der Waals surface area contributed by atoms with Crippen LogP contribution in [0.2, 0.25) is 5.02 Å². The predicted molar refractivity (Wildman–Crippen MR) is 127 cm³/mol. The van der Waals surface area contributed by atoms with Crippen LogP contribution in [0.25, 0.3) is 0 Å². The Kier molecular flexibility index (Phi) is 6.38. The number of aromatic nitrogens is 1. The quantitative estimate of drug-likeness (QED) is 0.558. The van der Waals surface area contributed by atoms with Crippen LogP contribution in [0.4, 0.5) is 10.2 Å². The summed E-state index contributed by atoms with van der Waals surface area (Å²) >= 11 is 6.22. The van der Waals surface area contributed by atoms with Crippen LogP contribution >= 0.6 is 11.6 Å². The molecule has 3 aromatic rings. The molecule has 0 unspecified atom stereocenters. The van der Waals surface area contributed by atoms with E-state index in [1.807, 2.05) is 0 Å². The first-order chi connectivity index (χ1) is 16.1.